The highest BCUT2D eigenvalue weighted by molar-refractivity contribution is 5.22. The SMILES string of the molecule is C[C@H]1CC[C@@H](CO)[C@H](CO)[C@H]1c1ccccc1. The van der Waals surface area contributed by atoms with Crippen molar-refractivity contribution in [3.05, 3.63) is 35.9 Å². The Morgan fingerprint density at radius 2 is 1.76 bits per heavy atom. The van der Waals surface area contributed by atoms with E-state index in [-0.39, 0.29) is 25.0 Å². The first-order chi connectivity index (χ1) is 8.27. The molecule has 0 radical (unpaired) electrons. The average Bonchev–Trinajstić information content (AvgIpc) is 2.39. The maximum atomic E-state index is 9.63. The molecule has 1 aliphatic carbocycles. The van der Waals surface area contributed by atoms with Crippen LogP contribution in [0.2, 0.25) is 0 Å². The van der Waals surface area contributed by atoms with Crippen molar-refractivity contribution in [2.24, 2.45) is 17.8 Å². The molecule has 1 aromatic rings. The molecule has 0 bridgehead atoms. The monoisotopic (exact) mass is 234 g/mol. The van der Waals surface area contributed by atoms with Crippen molar-refractivity contribution < 1.29 is 10.2 Å². The fourth-order valence-electron chi connectivity index (χ4n) is 3.33. The van der Waals surface area contributed by atoms with Crippen LogP contribution in [0.1, 0.15) is 31.2 Å². The topological polar surface area (TPSA) is 40.5 Å². The Hall–Kier alpha value is -0.860. The Bertz CT molecular complexity index is 336. The van der Waals surface area contributed by atoms with Gasteiger partial charge in [-0.1, -0.05) is 37.3 Å². The van der Waals surface area contributed by atoms with Crippen LogP contribution in [0.25, 0.3) is 0 Å². The molecule has 17 heavy (non-hydrogen) atoms. The van der Waals surface area contributed by atoms with Gasteiger partial charge in [-0.2, -0.15) is 0 Å². The van der Waals surface area contributed by atoms with Crippen molar-refractivity contribution in [3.8, 4) is 0 Å². The molecule has 0 unspecified atom stereocenters. The third-order valence-electron chi connectivity index (χ3n) is 4.30. The summed E-state index contributed by atoms with van der Waals surface area (Å²) >= 11 is 0. The lowest BCUT2D eigenvalue weighted by Crippen LogP contribution is -2.36. The third kappa shape index (κ3) is 2.53. The number of hydrogen-bond acceptors (Lipinski definition) is 2. The minimum Gasteiger partial charge on any atom is -0.396 e. The smallest absolute Gasteiger partial charge is 0.0468 e. The summed E-state index contributed by atoms with van der Waals surface area (Å²) in [4.78, 5) is 0. The van der Waals surface area contributed by atoms with Crippen LogP contribution in [0.5, 0.6) is 0 Å². The Morgan fingerprint density at radius 3 is 2.35 bits per heavy atom. The zero-order valence-electron chi connectivity index (χ0n) is 10.4. The van der Waals surface area contributed by atoms with Crippen LogP contribution >= 0.6 is 0 Å². The molecule has 0 aromatic heterocycles. The molecule has 2 rings (SSSR count). The van der Waals surface area contributed by atoms with Crippen molar-refractivity contribution in [2.75, 3.05) is 13.2 Å². The van der Waals surface area contributed by atoms with Crippen LogP contribution in [0, 0.1) is 17.8 Å². The van der Waals surface area contributed by atoms with Crippen LogP contribution < -0.4 is 0 Å². The maximum absolute atomic E-state index is 9.63. The van der Waals surface area contributed by atoms with E-state index in [1.807, 2.05) is 6.07 Å². The highest BCUT2D eigenvalue weighted by atomic mass is 16.3. The molecule has 2 N–H and O–H groups in total. The second kappa shape index (κ2) is 5.65. The van der Waals surface area contributed by atoms with Crippen LogP contribution in [0.3, 0.4) is 0 Å². The highest BCUT2D eigenvalue weighted by Crippen LogP contribution is 2.44. The fraction of sp³-hybridized carbons (Fsp3) is 0.600. The number of aliphatic hydroxyl groups is 2. The molecule has 0 saturated heterocycles. The summed E-state index contributed by atoms with van der Waals surface area (Å²) in [6, 6.07) is 10.4. The average molecular weight is 234 g/mol. The molecular weight excluding hydrogens is 212 g/mol. The van der Waals surface area contributed by atoms with E-state index in [1.54, 1.807) is 0 Å². The van der Waals surface area contributed by atoms with Gasteiger partial charge in [0.25, 0.3) is 0 Å². The molecular formula is C15H22O2. The fourth-order valence-corrected chi connectivity index (χ4v) is 3.33. The van der Waals surface area contributed by atoms with Gasteiger partial charge in [-0.25, -0.2) is 0 Å². The molecule has 1 fully saturated rings. The van der Waals surface area contributed by atoms with E-state index in [0.717, 1.165) is 12.8 Å². The van der Waals surface area contributed by atoms with Gasteiger partial charge in [-0.3, -0.25) is 0 Å². The van der Waals surface area contributed by atoms with Gasteiger partial charge < -0.3 is 10.2 Å². The summed E-state index contributed by atoms with van der Waals surface area (Å²) in [6.45, 7) is 2.63. The van der Waals surface area contributed by atoms with Gasteiger partial charge in [-0.15, -0.1) is 0 Å². The largest absolute Gasteiger partial charge is 0.396 e. The van der Waals surface area contributed by atoms with Crippen LogP contribution in [-0.2, 0) is 0 Å². The van der Waals surface area contributed by atoms with E-state index >= 15 is 0 Å². The molecule has 2 nitrogen and oxygen atoms in total. The summed E-state index contributed by atoms with van der Waals surface area (Å²) < 4.78 is 0. The number of hydrogen-bond donors (Lipinski definition) is 2. The minimum atomic E-state index is 0.176. The second-order valence-corrected chi connectivity index (χ2v) is 5.28. The Labute approximate surface area is 103 Å². The first-order valence-corrected chi connectivity index (χ1v) is 6.54. The molecule has 94 valence electrons. The van der Waals surface area contributed by atoms with Gasteiger partial charge in [-0.05, 0) is 42.1 Å². The van der Waals surface area contributed by atoms with Crippen molar-refractivity contribution in [1.82, 2.24) is 0 Å². The van der Waals surface area contributed by atoms with Crippen molar-refractivity contribution in [3.63, 3.8) is 0 Å². The van der Waals surface area contributed by atoms with Gasteiger partial charge in [0.05, 0.1) is 0 Å². The summed E-state index contributed by atoms with van der Waals surface area (Å²) in [5, 5.41) is 19.1. The van der Waals surface area contributed by atoms with Crippen LogP contribution in [0.4, 0.5) is 0 Å². The lowest BCUT2D eigenvalue weighted by atomic mass is 9.65. The normalized spacial score (nSPS) is 33.6. The first kappa shape index (κ1) is 12.6. The van der Waals surface area contributed by atoms with Crippen LogP contribution in [-0.4, -0.2) is 23.4 Å². The molecule has 1 aliphatic rings. The Morgan fingerprint density at radius 1 is 1.06 bits per heavy atom. The van der Waals surface area contributed by atoms with Gasteiger partial charge in [0.15, 0.2) is 0 Å². The standard InChI is InChI=1S/C15H22O2/c1-11-7-8-13(9-16)14(10-17)15(11)12-5-3-2-4-6-12/h2-6,11,13-17H,7-10H2,1H3/t11-,13-,14-,15+/m0/s1. The predicted molar refractivity (Wildman–Crippen MR) is 68.7 cm³/mol. The van der Waals surface area contributed by atoms with E-state index < -0.39 is 0 Å². The van der Waals surface area contributed by atoms with Crippen molar-refractivity contribution >= 4 is 0 Å². The molecule has 0 amide bonds. The number of aliphatic hydroxyl groups excluding tert-OH is 2. The molecule has 1 saturated carbocycles. The van der Waals surface area contributed by atoms with Crippen molar-refractivity contribution in [1.29, 1.82) is 0 Å². The lowest BCUT2D eigenvalue weighted by molar-refractivity contribution is 0.0491. The predicted octanol–water partition coefficient (Wildman–Crippen LogP) is 2.42. The third-order valence-corrected chi connectivity index (χ3v) is 4.30. The summed E-state index contributed by atoms with van der Waals surface area (Å²) in [5.41, 5.74) is 1.30. The van der Waals surface area contributed by atoms with E-state index in [0.29, 0.717) is 11.8 Å². The van der Waals surface area contributed by atoms with Gasteiger partial charge >= 0.3 is 0 Å². The Balaban J connectivity index is 2.27. The molecule has 0 heterocycles. The lowest BCUT2D eigenvalue weighted by Gasteiger charge is -2.41. The second-order valence-electron chi connectivity index (χ2n) is 5.28. The van der Waals surface area contributed by atoms with E-state index in [2.05, 4.69) is 31.2 Å². The number of benzene rings is 1. The summed E-state index contributed by atoms with van der Waals surface area (Å²) in [5.74, 6) is 1.41. The maximum Gasteiger partial charge on any atom is 0.0468 e. The quantitative estimate of drug-likeness (QED) is 0.843. The van der Waals surface area contributed by atoms with Gasteiger partial charge in [0, 0.05) is 13.2 Å². The van der Waals surface area contributed by atoms with Gasteiger partial charge in [0.1, 0.15) is 0 Å². The number of rotatable bonds is 3. The summed E-state index contributed by atoms with van der Waals surface area (Å²) in [6.07, 6.45) is 2.17. The highest BCUT2D eigenvalue weighted by Gasteiger charge is 2.37. The van der Waals surface area contributed by atoms with Gasteiger partial charge in [0.2, 0.25) is 0 Å². The van der Waals surface area contributed by atoms with E-state index in [9.17, 15) is 10.2 Å². The van der Waals surface area contributed by atoms with E-state index in [1.165, 1.54) is 5.56 Å². The van der Waals surface area contributed by atoms with E-state index in [4.69, 9.17) is 0 Å². The molecule has 1 aromatic carbocycles. The summed E-state index contributed by atoms with van der Waals surface area (Å²) in [7, 11) is 0. The zero-order valence-corrected chi connectivity index (χ0v) is 10.4. The van der Waals surface area contributed by atoms with Crippen molar-refractivity contribution in [2.45, 2.75) is 25.7 Å². The minimum absolute atomic E-state index is 0.176. The van der Waals surface area contributed by atoms with Crippen LogP contribution in [0.15, 0.2) is 30.3 Å². The molecule has 2 heteroatoms. The zero-order chi connectivity index (χ0) is 12.3. The Kier molecular flexibility index (Phi) is 4.19. The first-order valence-electron chi connectivity index (χ1n) is 6.54. The molecule has 0 aliphatic heterocycles. The molecule has 0 spiro atoms. The molecule has 4 atom stereocenters.